The molecule has 1 saturated carbocycles. The van der Waals surface area contributed by atoms with Crippen LogP contribution in [0.4, 0.5) is 0 Å². The van der Waals surface area contributed by atoms with Crippen LogP contribution in [0.3, 0.4) is 0 Å². The van der Waals surface area contributed by atoms with Crippen molar-refractivity contribution in [3.8, 4) is 0 Å². The summed E-state index contributed by atoms with van der Waals surface area (Å²) in [4.78, 5) is 11.3. The largest absolute Gasteiger partial charge is 0.381 e. The standard InChI is InChI=1S/C8H12O3/c1-8-6(9)3-5(10-2)4-7(8)11-8/h5,7H,3-4H2,1-2H3. The minimum absolute atomic E-state index is 0.0862. The molecule has 2 aliphatic rings. The first-order valence-corrected chi connectivity index (χ1v) is 3.90. The van der Waals surface area contributed by atoms with Gasteiger partial charge in [-0.25, -0.2) is 0 Å². The molecule has 0 bridgehead atoms. The number of hydrogen-bond acceptors (Lipinski definition) is 3. The molecule has 1 aliphatic heterocycles. The van der Waals surface area contributed by atoms with Crippen LogP contribution in [-0.2, 0) is 14.3 Å². The molecule has 0 aromatic heterocycles. The van der Waals surface area contributed by atoms with Crippen molar-refractivity contribution in [2.24, 2.45) is 0 Å². The zero-order valence-electron chi connectivity index (χ0n) is 6.79. The van der Waals surface area contributed by atoms with Crippen LogP contribution in [0.25, 0.3) is 0 Å². The Kier molecular flexibility index (Phi) is 1.35. The van der Waals surface area contributed by atoms with Crippen molar-refractivity contribution in [3.05, 3.63) is 0 Å². The highest BCUT2D eigenvalue weighted by Crippen LogP contribution is 2.45. The van der Waals surface area contributed by atoms with Gasteiger partial charge in [0.15, 0.2) is 5.78 Å². The van der Waals surface area contributed by atoms with Gasteiger partial charge in [0, 0.05) is 20.0 Å². The first-order valence-electron chi connectivity index (χ1n) is 3.90. The quantitative estimate of drug-likeness (QED) is 0.519. The van der Waals surface area contributed by atoms with E-state index in [0.717, 1.165) is 6.42 Å². The molecule has 0 aromatic carbocycles. The van der Waals surface area contributed by atoms with Crippen LogP contribution in [0, 0.1) is 0 Å². The van der Waals surface area contributed by atoms with Crippen LogP contribution in [0.5, 0.6) is 0 Å². The second kappa shape index (κ2) is 2.05. The van der Waals surface area contributed by atoms with E-state index in [1.807, 2.05) is 6.92 Å². The molecule has 0 aromatic rings. The second-order valence-corrected chi connectivity index (χ2v) is 3.43. The third kappa shape index (κ3) is 0.914. The molecule has 3 nitrogen and oxygen atoms in total. The van der Waals surface area contributed by atoms with Crippen molar-refractivity contribution >= 4 is 5.78 Å². The zero-order chi connectivity index (χ0) is 8.06. The number of epoxide rings is 1. The molecule has 3 atom stereocenters. The van der Waals surface area contributed by atoms with Crippen molar-refractivity contribution in [1.82, 2.24) is 0 Å². The van der Waals surface area contributed by atoms with Gasteiger partial charge in [-0.3, -0.25) is 4.79 Å². The minimum atomic E-state index is -0.435. The van der Waals surface area contributed by atoms with E-state index >= 15 is 0 Å². The average Bonchev–Trinajstić information content (AvgIpc) is 2.62. The van der Waals surface area contributed by atoms with Crippen LogP contribution in [0.1, 0.15) is 19.8 Å². The number of hydrogen-bond donors (Lipinski definition) is 0. The first-order chi connectivity index (χ1) is 5.16. The number of carbonyl (C=O) groups is 1. The van der Waals surface area contributed by atoms with Gasteiger partial charge in [-0.15, -0.1) is 0 Å². The molecule has 0 amide bonds. The number of rotatable bonds is 1. The topological polar surface area (TPSA) is 38.8 Å². The predicted octanol–water partition coefficient (Wildman–Crippen LogP) is 0.522. The van der Waals surface area contributed by atoms with E-state index in [9.17, 15) is 4.79 Å². The number of ether oxygens (including phenoxy) is 2. The third-order valence-electron chi connectivity index (χ3n) is 2.72. The zero-order valence-corrected chi connectivity index (χ0v) is 6.79. The molecular formula is C8H12O3. The lowest BCUT2D eigenvalue weighted by atomic mass is 9.87. The van der Waals surface area contributed by atoms with Crippen LogP contribution < -0.4 is 0 Å². The fraction of sp³-hybridized carbons (Fsp3) is 0.875. The maximum Gasteiger partial charge on any atom is 0.169 e. The Balaban J connectivity index is 2.08. The van der Waals surface area contributed by atoms with Crippen molar-refractivity contribution in [1.29, 1.82) is 0 Å². The molecule has 0 N–H and O–H groups in total. The smallest absolute Gasteiger partial charge is 0.169 e. The van der Waals surface area contributed by atoms with Gasteiger partial charge in [-0.1, -0.05) is 0 Å². The fourth-order valence-electron chi connectivity index (χ4n) is 1.69. The van der Waals surface area contributed by atoms with E-state index in [-0.39, 0.29) is 18.0 Å². The molecular weight excluding hydrogens is 144 g/mol. The van der Waals surface area contributed by atoms with E-state index in [2.05, 4.69) is 0 Å². The van der Waals surface area contributed by atoms with Crippen molar-refractivity contribution in [3.63, 3.8) is 0 Å². The molecule has 0 radical (unpaired) electrons. The number of Topliss-reactive ketones (excluding diaryl/α,β-unsaturated/α-hetero) is 1. The summed E-state index contributed by atoms with van der Waals surface area (Å²) in [5, 5.41) is 0. The highest BCUT2D eigenvalue weighted by molar-refractivity contribution is 5.91. The molecule has 2 fully saturated rings. The van der Waals surface area contributed by atoms with Gasteiger partial charge in [0.25, 0.3) is 0 Å². The summed E-state index contributed by atoms with van der Waals surface area (Å²) >= 11 is 0. The first kappa shape index (κ1) is 7.25. The van der Waals surface area contributed by atoms with Gasteiger partial charge >= 0.3 is 0 Å². The Morgan fingerprint density at radius 1 is 1.73 bits per heavy atom. The van der Waals surface area contributed by atoms with E-state index < -0.39 is 5.60 Å². The van der Waals surface area contributed by atoms with E-state index in [1.54, 1.807) is 7.11 Å². The van der Waals surface area contributed by atoms with E-state index in [0.29, 0.717) is 6.42 Å². The third-order valence-corrected chi connectivity index (χ3v) is 2.72. The lowest BCUT2D eigenvalue weighted by Crippen LogP contribution is -2.35. The monoisotopic (exact) mass is 156 g/mol. The molecule has 3 heteroatoms. The summed E-state index contributed by atoms with van der Waals surface area (Å²) < 4.78 is 10.4. The fourth-order valence-corrected chi connectivity index (χ4v) is 1.69. The van der Waals surface area contributed by atoms with E-state index in [4.69, 9.17) is 9.47 Å². The number of ketones is 1. The number of fused-ring (bicyclic) bond motifs is 1. The molecule has 62 valence electrons. The van der Waals surface area contributed by atoms with Gasteiger partial charge in [-0.05, 0) is 6.92 Å². The Bertz CT molecular complexity index is 202. The number of carbonyl (C=O) groups excluding carboxylic acids is 1. The maximum absolute atomic E-state index is 11.3. The molecule has 1 aliphatic carbocycles. The Labute approximate surface area is 65.7 Å². The SMILES string of the molecule is COC1CC(=O)C2(C)OC2C1. The van der Waals surface area contributed by atoms with Gasteiger partial charge in [0.2, 0.25) is 0 Å². The highest BCUT2D eigenvalue weighted by atomic mass is 16.6. The number of methoxy groups -OCH3 is 1. The molecule has 11 heavy (non-hydrogen) atoms. The summed E-state index contributed by atoms with van der Waals surface area (Å²) in [6.07, 6.45) is 1.61. The lowest BCUT2D eigenvalue weighted by Gasteiger charge is -2.19. The van der Waals surface area contributed by atoms with Gasteiger partial charge in [0.1, 0.15) is 5.60 Å². The van der Waals surface area contributed by atoms with Crippen LogP contribution in [-0.4, -0.2) is 30.7 Å². The Hall–Kier alpha value is -0.410. The van der Waals surface area contributed by atoms with Crippen LogP contribution >= 0.6 is 0 Å². The average molecular weight is 156 g/mol. The second-order valence-electron chi connectivity index (χ2n) is 3.43. The summed E-state index contributed by atoms with van der Waals surface area (Å²) in [7, 11) is 1.64. The van der Waals surface area contributed by atoms with E-state index in [1.165, 1.54) is 0 Å². The molecule has 0 spiro atoms. The summed E-state index contributed by atoms with van der Waals surface area (Å²) in [6, 6.07) is 0. The highest BCUT2D eigenvalue weighted by Gasteiger charge is 2.61. The van der Waals surface area contributed by atoms with Crippen molar-refractivity contribution < 1.29 is 14.3 Å². The molecule has 1 saturated heterocycles. The lowest BCUT2D eigenvalue weighted by molar-refractivity contribution is -0.126. The predicted molar refractivity (Wildman–Crippen MR) is 38.3 cm³/mol. The Morgan fingerprint density at radius 2 is 2.45 bits per heavy atom. The summed E-state index contributed by atoms with van der Waals surface area (Å²) in [6.45, 7) is 1.87. The molecule has 1 heterocycles. The van der Waals surface area contributed by atoms with Gasteiger partial charge in [0.05, 0.1) is 12.2 Å². The minimum Gasteiger partial charge on any atom is -0.381 e. The van der Waals surface area contributed by atoms with Crippen molar-refractivity contribution in [2.75, 3.05) is 7.11 Å². The molecule has 3 unspecified atom stereocenters. The molecule has 2 rings (SSSR count). The summed E-state index contributed by atoms with van der Waals surface area (Å²) in [5.74, 6) is 0.195. The van der Waals surface area contributed by atoms with Crippen LogP contribution in [0.15, 0.2) is 0 Å². The van der Waals surface area contributed by atoms with Gasteiger partial charge in [-0.2, -0.15) is 0 Å². The van der Waals surface area contributed by atoms with Crippen molar-refractivity contribution in [2.45, 2.75) is 37.6 Å². The Morgan fingerprint density at radius 3 is 3.00 bits per heavy atom. The maximum atomic E-state index is 11.3. The summed E-state index contributed by atoms with van der Waals surface area (Å²) in [5.41, 5.74) is -0.435. The van der Waals surface area contributed by atoms with Gasteiger partial charge < -0.3 is 9.47 Å². The normalized spacial score (nSPS) is 48.7. The van der Waals surface area contributed by atoms with Crippen LogP contribution in [0.2, 0.25) is 0 Å².